The Labute approximate surface area is 142 Å². The number of nitrogens with zero attached hydrogens (tertiary/aromatic N) is 1. The third-order valence-electron chi connectivity index (χ3n) is 4.11. The predicted molar refractivity (Wildman–Crippen MR) is 93.2 cm³/mol. The van der Waals surface area contributed by atoms with Crippen LogP contribution in [-0.2, 0) is 9.53 Å². The van der Waals surface area contributed by atoms with Crippen molar-refractivity contribution in [2.24, 2.45) is 0 Å². The molecule has 3 rings (SSSR count). The molecule has 2 aromatic rings. The molecule has 1 fully saturated rings. The van der Waals surface area contributed by atoms with Crippen LogP contribution in [0.1, 0.15) is 11.6 Å². The van der Waals surface area contributed by atoms with Crippen LogP contribution in [-0.4, -0.2) is 44.2 Å². The normalized spacial score (nSPS) is 15.6. The van der Waals surface area contributed by atoms with Crippen LogP contribution in [0.3, 0.4) is 0 Å². The van der Waals surface area contributed by atoms with Crippen molar-refractivity contribution < 1.29 is 14.3 Å². The topological polar surface area (TPSA) is 50.8 Å². The van der Waals surface area contributed by atoms with Crippen molar-refractivity contribution in [3.63, 3.8) is 0 Å². The zero-order chi connectivity index (χ0) is 16.8. The van der Waals surface area contributed by atoms with Crippen LogP contribution in [0.2, 0.25) is 0 Å². The van der Waals surface area contributed by atoms with Crippen LogP contribution in [0.5, 0.6) is 5.75 Å². The monoisotopic (exact) mass is 326 g/mol. The van der Waals surface area contributed by atoms with Crippen LogP contribution >= 0.6 is 0 Å². The fraction of sp³-hybridized carbons (Fsp3) is 0.316. The second-order valence-electron chi connectivity index (χ2n) is 5.63. The lowest BCUT2D eigenvalue weighted by Gasteiger charge is -2.31. The van der Waals surface area contributed by atoms with Crippen molar-refractivity contribution in [2.45, 2.75) is 6.04 Å². The fourth-order valence-corrected chi connectivity index (χ4v) is 2.82. The Morgan fingerprint density at radius 1 is 1.08 bits per heavy atom. The summed E-state index contributed by atoms with van der Waals surface area (Å²) >= 11 is 0. The molecule has 0 unspecified atom stereocenters. The van der Waals surface area contributed by atoms with E-state index < -0.39 is 6.04 Å². The van der Waals surface area contributed by atoms with Crippen LogP contribution in [0.4, 0.5) is 5.69 Å². The Balaban J connectivity index is 1.89. The summed E-state index contributed by atoms with van der Waals surface area (Å²) in [7, 11) is 1.63. The van der Waals surface area contributed by atoms with Crippen molar-refractivity contribution in [3.8, 4) is 5.75 Å². The number of anilines is 1. The minimum absolute atomic E-state index is 0.0513. The highest BCUT2D eigenvalue weighted by Gasteiger charge is 2.27. The first-order valence-corrected chi connectivity index (χ1v) is 8.10. The highest BCUT2D eigenvalue weighted by molar-refractivity contribution is 5.86. The van der Waals surface area contributed by atoms with Gasteiger partial charge in [-0.3, -0.25) is 4.79 Å². The highest BCUT2D eigenvalue weighted by Crippen LogP contribution is 2.29. The van der Waals surface area contributed by atoms with E-state index in [4.69, 9.17) is 9.47 Å². The van der Waals surface area contributed by atoms with E-state index in [1.165, 1.54) is 0 Å². The van der Waals surface area contributed by atoms with Gasteiger partial charge >= 0.3 is 0 Å². The number of carbonyl (C=O) groups excluding carboxylic acids is 1. The quantitative estimate of drug-likeness (QED) is 0.918. The first-order valence-electron chi connectivity index (χ1n) is 8.10. The van der Waals surface area contributed by atoms with Gasteiger partial charge < -0.3 is 19.7 Å². The first kappa shape index (κ1) is 16.3. The van der Waals surface area contributed by atoms with E-state index in [1.54, 1.807) is 7.11 Å². The maximum Gasteiger partial charge on any atom is 0.249 e. The number of morpholine rings is 1. The Bertz CT molecular complexity index is 669. The molecule has 2 aromatic carbocycles. The van der Waals surface area contributed by atoms with Gasteiger partial charge in [0.15, 0.2) is 0 Å². The summed E-state index contributed by atoms with van der Waals surface area (Å²) in [6.07, 6.45) is 0. The lowest BCUT2D eigenvalue weighted by atomic mass is 10.0. The number of amides is 1. The van der Waals surface area contributed by atoms with Crippen molar-refractivity contribution in [1.82, 2.24) is 4.90 Å². The second-order valence-corrected chi connectivity index (χ2v) is 5.63. The van der Waals surface area contributed by atoms with Gasteiger partial charge in [-0.05, 0) is 17.7 Å². The van der Waals surface area contributed by atoms with E-state index >= 15 is 0 Å². The summed E-state index contributed by atoms with van der Waals surface area (Å²) in [5.41, 5.74) is 1.73. The maximum atomic E-state index is 13.1. The number of para-hydroxylation sites is 2. The smallest absolute Gasteiger partial charge is 0.249 e. The second kappa shape index (κ2) is 7.84. The number of nitrogens with one attached hydrogen (secondary N) is 1. The lowest BCUT2D eigenvalue weighted by Crippen LogP contribution is -2.44. The Morgan fingerprint density at radius 3 is 2.46 bits per heavy atom. The van der Waals surface area contributed by atoms with Gasteiger partial charge in [-0.2, -0.15) is 0 Å². The molecule has 0 saturated carbocycles. The molecule has 24 heavy (non-hydrogen) atoms. The van der Waals surface area contributed by atoms with E-state index in [9.17, 15) is 4.79 Å². The van der Waals surface area contributed by atoms with E-state index in [-0.39, 0.29) is 5.91 Å². The average Bonchev–Trinajstić information content (AvgIpc) is 2.67. The van der Waals surface area contributed by atoms with Gasteiger partial charge in [0.1, 0.15) is 11.8 Å². The molecule has 0 aliphatic carbocycles. The molecule has 1 atom stereocenters. The van der Waals surface area contributed by atoms with E-state index in [2.05, 4.69) is 5.32 Å². The molecule has 1 amide bonds. The minimum Gasteiger partial charge on any atom is -0.495 e. The molecular formula is C19H22N2O3. The van der Waals surface area contributed by atoms with Gasteiger partial charge in [0.25, 0.3) is 0 Å². The number of rotatable bonds is 5. The predicted octanol–water partition coefficient (Wildman–Crippen LogP) is 2.71. The Hall–Kier alpha value is -2.53. The van der Waals surface area contributed by atoms with Crippen LogP contribution in [0, 0.1) is 0 Å². The SMILES string of the molecule is COc1ccccc1N[C@@H](C(=O)N1CCOCC1)c1ccccc1. The number of carbonyl (C=O) groups is 1. The lowest BCUT2D eigenvalue weighted by molar-refractivity contribution is -0.136. The van der Waals surface area contributed by atoms with Gasteiger partial charge in [0.05, 0.1) is 26.0 Å². The molecule has 1 aliphatic rings. The van der Waals surface area contributed by atoms with Gasteiger partial charge in [-0.15, -0.1) is 0 Å². The summed E-state index contributed by atoms with van der Waals surface area (Å²) in [5.74, 6) is 0.767. The minimum atomic E-state index is -0.458. The largest absolute Gasteiger partial charge is 0.495 e. The zero-order valence-electron chi connectivity index (χ0n) is 13.8. The number of hydrogen-bond donors (Lipinski definition) is 1. The number of ether oxygens (including phenoxy) is 2. The standard InChI is InChI=1S/C19H22N2O3/c1-23-17-10-6-5-9-16(17)20-18(15-7-3-2-4-8-15)19(22)21-11-13-24-14-12-21/h2-10,18,20H,11-14H2,1H3/t18-/m1/s1. The molecular weight excluding hydrogens is 304 g/mol. The van der Waals surface area contributed by atoms with E-state index in [1.807, 2.05) is 59.5 Å². The highest BCUT2D eigenvalue weighted by atomic mass is 16.5. The molecule has 5 heteroatoms. The molecule has 0 aromatic heterocycles. The number of benzene rings is 2. The number of hydrogen-bond acceptors (Lipinski definition) is 4. The van der Waals surface area contributed by atoms with Crippen LogP contribution in [0.15, 0.2) is 54.6 Å². The van der Waals surface area contributed by atoms with Gasteiger partial charge in [0, 0.05) is 13.1 Å². The molecule has 5 nitrogen and oxygen atoms in total. The molecule has 1 N–H and O–H groups in total. The molecule has 1 saturated heterocycles. The van der Waals surface area contributed by atoms with Crippen LogP contribution in [0.25, 0.3) is 0 Å². The molecule has 0 radical (unpaired) electrons. The summed E-state index contributed by atoms with van der Waals surface area (Å²) < 4.78 is 10.8. The molecule has 1 aliphatic heterocycles. The van der Waals surface area contributed by atoms with E-state index in [0.717, 1.165) is 11.3 Å². The number of methoxy groups -OCH3 is 1. The van der Waals surface area contributed by atoms with Crippen molar-refractivity contribution >= 4 is 11.6 Å². The molecule has 0 spiro atoms. The van der Waals surface area contributed by atoms with E-state index in [0.29, 0.717) is 32.1 Å². The third-order valence-corrected chi connectivity index (χ3v) is 4.11. The first-order chi connectivity index (χ1) is 11.8. The van der Waals surface area contributed by atoms with Crippen molar-refractivity contribution in [1.29, 1.82) is 0 Å². The van der Waals surface area contributed by atoms with Gasteiger partial charge in [-0.25, -0.2) is 0 Å². The fourth-order valence-electron chi connectivity index (χ4n) is 2.82. The van der Waals surface area contributed by atoms with Crippen molar-refractivity contribution in [3.05, 3.63) is 60.2 Å². The maximum absolute atomic E-state index is 13.1. The van der Waals surface area contributed by atoms with Crippen LogP contribution < -0.4 is 10.1 Å². The van der Waals surface area contributed by atoms with Crippen molar-refractivity contribution in [2.75, 3.05) is 38.7 Å². The van der Waals surface area contributed by atoms with Gasteiger partial charge in [-0.1, -0.05) is 42.5 Å². The average molecular weight is 326 g/mol. The third kappa shape index (κ3) is 3.68. The van der Waals surface area contributed by atoms with Gasteiger partial charge in [0.2, 0.25) is 5.91 Å². The molecule has 1 heterocycles. The summed E-state index contributed by atoms with van der Waals surface area (Å²) in [4.78, 5) is 14.9. The zero-order valence-corrected chi connectivity index (χ0v) is 13.8. The summed E-state index contributed by atoms with van der Waals surface area (Å²) in [6, 6.07) is 16.9. The Morgan fingerprint density at radius 2 is 1.75 bits per heavy atom. The summed E-state index contributed by atoms with van der Waals surface area (Å²) in [5, 5.41) is 3.35. The molecule has 0 bridgehead atoms. The summed E-state index contributed by atoms with van der Waals surface area (Å²) in [6.45, 7) is 2.41. The molecule has 126 valence electrons. The Kier molecular flexibility index (Phi) is 5.33.